The molecule has 18 aromatic carbocycles. The Bertz CT molecular complexity index is 7290. The molecule has 0 amide bonds. The molecule has 4 aromatic heterocycles. The number of para-hydroxylation sites is 4. The van der Waals surface area contributed by atoms with Crippen molar-refractivity contribution in [1.82, 2.24) is 18.3 Å². The number of hydrogen-bond donors (Lipinski definition) is 0. The lowest BCUT2D eigenvalue weighted by Crippen LogP contribution is -1.95. The van der Waals surface area contributed by atoms with Crippen molar-refractivity contribution in [3.63, 3.8) is 0 Å². The monoisotopic (exact) mass is 1370 g/mol. The molecule has 22 aromatic rings. The van der Waals surface area contributed by atoms with Crippen LogP contribution in [0, 0.1) is 0 Å². The average Bonchev–Trinajstić information content (AvgIpc) is 1.59. The van der Waals surface area contributed by atoms with E-state index in [1.807, 2.05) is 0 Å². The molecule has 0 aliphatic rings. The van der Waals surface area contributed by atoms with Crippen LogP contribution in [0.5, 0.6) is 0 Å². The van der Waals surface area contributed by atoms with Gasteiger partial charge < -0.3 is 18.3 Å². The molecule has 4 nitrogen and oxygen atoms in total. The molecule has 0 fully saturated rings. The fourth-order valence-electron chi connectivity index (χ4n) is 17.1. The molecule has 0 saturated carbocycles. The first-order valence-corrected chi connectivity index (χ1v) is 37.2. The van der Waals surface area contributed by atoms with Crippen LogP contribution in [0.4, 0.5) is 0 Å². The summed E-state index contributed by atoms with van der Waals surface area (Å²) in [5, 5.41) is 15.0. The third kappa shape index (κ3) is 10.6. The summed E-state index contributed by atoms with van der Waals surface area (Å²) >= 11 is 0. The van der Waals surface area contributed by atoms with E-state index in [2.05, 4.69) is 431 Å². The molecule has 0 unspecified atom stereocenters. The van der Waals surface area contributed by atoms with Crippen LogP contribution in [0.1, 0.15) is 0 Å². The van der Waals surface area contributed by atoms with Crippen LogP contribution < -0.4 is 0 Å². The van der Waals surface area contributed by atoms with Gasteiger partial charge in [-0.15, -0.1) is 0 Å². The molecule has 0 atom stereocenters. The van der Waals surface area contributed by atoms with E-state index in [0.717, 1.165) is 11.4 Å². The molecule has 0 bridgehead atoms. The van der Waals surface area contributed by atoms with Gasteiger partial charge in [0, 0.05) is 65.8 Å². The molecule has 0 aliphatic heterocycles. The highest BCUT2D eigenvalue weighted by Crippen LogP contribution is 2.43. The first-order valence-electron chi connectivity index (χ1n) is 37.2. The summed E-state index contributed by atoms with van der Waals surface area (Å²) in [4.78, 5) is 0. The fraction of sp³-hybridized carbons (Fsp3) is 0. The van der Waals surface area contributed by atoms with Crippen molar-refractivity contribution < 1.29 is 0 Å². The Morgan fingerprint density at radius 3 is 0.787 bits per heavy atom. The molecule has 22 rings (SSSR count). The molecule has 108 heavy (non-hydrogen) atoms. The molecule has 0 N–H and O–H groups in total. The van der Waals surface area contributed by atoms with Crippen LogP contribution in [0.3, 0.4) is 0 Å². The molecule has 0 aliphatic carbocycles. The van der Waals surface area contributed by atoms with Crippen LogP contribution in [-0.2, 0) is 0 Å². The quantitative estimate of drug-likeness (QED) is 0.130. The number of rotatable bonds is 10. The fourth-order valence-corrected chi connectivity index (χ4v) is 17.1. The first kappa shape index (κ1) is 62.3. The molecule has 0 saturated heterocycles. The number of hydrogen-bond acceptors (Lipinski definition) is 0. The van der Waals surface area contributed by atoms with Gasteiger partial charge in [-0.3, -0.25) is 0 Å². The number of aromatic nitrogens is 4. The molecule has 4 heterocycles. The van der Waals surface area contributed by atoms with Crippen molar-refractivity contribution in [1.29, 1.82) is 0 Å². The van der Waals surface area contributed by atoms with Crippen molar-refractivity contribution in [3.05, 3.63) is 413 Å². The Balaban J connectivity index is 0.000000138. The van der Waals surface area contributed by atoms with Crippen LogP contribution in [-0.4, -0.2) is 18.3 Å². The molecule has 504 valence electrons. The first-order chi connectivity index (χ1) is 53.5. The molecular formula is C104H68N4. The second-order valence-corrected chi connectivity index (χ2v) is 28.4. The summed E-state index contributed by atoms with van der Waals surface area (Å²) in [7, 11) is 0. The van der Waals surface area contributed by atoms with Crippen LogP contribution in [0.15, 0.2) is 413 Å². The number of nitrogens with zero attached hydrogens (tertiary/aromatic N) is 4. The SMILES string of the molecule is c1ccc(-c2ccc(-c3cccc(-n4c5ccccc5c5cc(-c6ccc7c(c6)c6ccccc6n7-c6ccc7ccccc7c6)ccc54)c3)cc2)cc1.c1ccc(-c2ccccc2-c2cccc(-n3c4ccccc4c4cc(-c5ccc6c(c5)c5ccccc5n6-c5ccc6ccccc6c5)ccc43)c2)cc1. The normalized spacial score (nSPS) is 11.7. The van der Waals surface area contributed by atoms with Crippen LogP contribution in [0.2, 0.25) is 0 Å². The Hall–Kier alpha value is -14.3. The van der Waals surface area contributed by atoms with Crippen molar-refractivity contribution in [2.24, 2.45) is 0 Å². The van der Waals surface area contributed by atoms with E-state index in [1.54, 1.807) is 0 Å². The summed E-state index contributed by atoms with van der Waals surface area (Å²) in [5.41, 5.74) is 28.9. The van der Waals surface area contributed by atoms with E-state index < -0.39 is 0 Å². The van der Waals surface area contributed by atoms with Gasteiger partial charge in [0.25, 0.3) is 0 Å². The molecule has 4 heteroatoms. The van der Waals surface area contributed by atoms with E-state index in [0.29, 0.717) is 0 Å². The van der Waals surface area contributed by atoms with E-state index >= 15 is 0 Å². The second kappa shape index (κ2) is 25.8. The second-order valence-electron chi connectivity index (χ2n) is 28.4. The van der Waals surface area contributed by atoms with Gasteiger partial charge in [-0.1, -0.05) is 291 Å². The highest BCUT2D eigenvalue weighted by atomic mass is 15.0. The maximum Gasteiger partial charge on any atom is 0.0541 e. The minimum absolute atomic E-state index is 1.15. The summed E-state index contributed by atoms with van der Waals surface area (Å²) in [6, 6.07) is 150. The van der Waals surface area contributed by atoms with Crippen molar-refractivity contribution in [2.45, 2.75) is 0 Å². The van der Waals surface area contributed by atoms with Gasteiger partial charge in [-0.2, -0.15) is 0 Å². The summed E-state index contributed by atoms with van der Waals surface area (Å²) in [6.07, 6.45) is 0. The lowest BCUT2D eigenvalue weighted by atomic mass is 9.94. The van der Waals surface area contributed by atoms with Gasteiger partial charge >= 0.3 is 0 Å². The Morgan fingerprint density at radius 2 is 0.380 bits per heavy atom. The van der Waals surface area contributed by atoms with Crippen molar-refractivity contribution in [2.75, 3.05) is 0 Å². The van der Waals surface area contributed by atoms with Crippen molar-refractivity contribution >= 4 is 109 Å². The summed E-state index contributed by atoms with van der Waals surface area (Å²) in [5.74, 6) is 0. The third-order valence-corrected chi connectivity index (χ3v) is 22.2. The van der Waals surface area contributed by atoms with Gasteiger partial charge in [0.1, 0.15) is 0 Å². The zero-order valence-corrected chi connectivity index (χ0v) is 59.0. The maximum absolute atomic E-state index is 2.42. The van der Waals surface area contributed by atoms with Gasteiger partial charge in [0.2, 0.25) is 0 Å². The zero-order valence-electron chi connectivity index (χ0n) is 59.0. The minimum Gasteiger partial charge on any atom is -0.309 e. The predicted octanol–water partition coefficient (Wildman–Crippen LogP) is 28.1. The third-order valence-electron chi connectivity index (χ3n) is 22.2. The van der Waals surface area contributed by atoms with Gasteiger partial charge in [-0.05, 0) is 210 Å². The van der Waals surface area contributed by atoms with Gasteiger partial charge in [0.05, 0.1) is 44.1 Å². The average molecular weight is 1370 g/mol. The van der Waals surface area contributed by atoms with Crippen LogP contribution in [0.25, 0.3) is 198 Å². The van der Waals surface area contributed by atoms with E-state index in [9.17, 15) is 0 Å². The molecule has 0 spiro atoms. The lowest BCUT2D eigenvalue weighted by Gasteiger charge is -2.13. The lowest BCUT2D eigenvalue weighted by molar-refractivity contribution is 1.18. The predicted molar refractivity (Wildman–Crippen MR) is 458 cm³/mol. The topological polar surface area (TPSA) is 19.7 Å². The molecule has 0 radical (unpaired) electrons. The van der Waals surface area contributed by atoms with E-state index in [4.69, 9.17) is 0 Å². The van der Waals surface area contributed by atoms with Gasteiger partial charge in [0.15, 0.2) is 0 Å². The highest BCUT2D eigenvalue weighted by molar-refractivity contribution is 6.15. The Labute approximate surface area is 625 Å². The highest BCUT2D eigenvalue weighted by Gasteiger charge is 2.21. The maximum atomic E-state index is 2.42. The molecular weight excluding hydrogens is 1310 g/mol. The zero-order chi connectivity index (χ0) is 71.2. The van der Waals surface area contributed by atoms with E-state index in [-0.39, 0.29) is 0 Å². The number of benzene rings is 18. The van der Waals surface area contributed by atoms with E-state index in [1.165, 1.54) is 187 Å². The Kier molecular flexibility index (Phi) is 14.9. The van der Waals surface area contributed by atoms with Crippen LogP contribution >= 0.6 is 0 Å². The Morgan fingerprint density at radius 1 is 0.120 bits per heavy atom. The minimum atomic E-state index is 1.15. The largest absolute Gasteiger partial charge is 0.309 e. The summed E-state index contributed by atoms with van der Waals surface area (Å²) in [6.45, 7) is 0. The van der Waals surface area contributed by atoms with Gasteiger partial charge in [-0.25, -0.2) is 0 Å². The van der Waals surface area contributed by atoms with Crippen molar-refractivity contribution in [3.8, 4) is 89.5 Å². The summed E-state index contributed by atoms with van der Waals surface area (Å²) < 4.78 is 9.65. The number of fused-ring (bicyclic) bond motifs is 14. The standard InChI is InChI=1S/2C52H34N2/c1-2-11-35(12-3-1)37-21-23-38(24-22-37)40-15-10-16-43(31-40)53-49-19-8-6-17-45(49)47-33-41(26-29-51(47)53)42-27-30-52-48(34-42)46-18-7-9-20-50(46)54(52)44-28-25-36-13-4-5-14-39(36)32-44;1-2-14-36(15-3-1)43-19-6-7-20-44(43)40-17-12-18-41(32-40)53-49-23-10-8-21-45(49)47-33-38(26-29-51(47)53)39-27-30-52-48(34-39)46-22-9-11-24-50(46)54(52)42-28-25-35-13-4-5-16-37(35)31-42/h2*1-34H. The smallest absolute Gasteiger partial charge is 0.0541 e.